The Hall–Kier alpha value is -1.90. The van der Waals surface area contributed by atoms with E-state index in [0.717, 1.165) is 6.42 Å². The number of hydrogen-bond acceptors (Lipinski definition) is 4. The van der Waals surface area contributed by atoms with Crippen molar-refractivity contribution in [1.29, 1.82) is 0 Å². The van der Waals surface area contributed by atoms with Gasteiger partial charge in [-0.05, 0) is 19.4 Å². The Balaban J connectivity index is 2.19. The number of aromatic nitrogens is 1. The number of pyridine rings is 1. The SMILES string of the molecule is CC1(NC(=O)c2ccncc2C#CCO)CCOC1. The van der Waals surface area contributed by atoms with Crippen LogP contribution in [0.2, 0.25) is 0 Å². The van der Waals surface area contributed by atoms with Gasteiger partial charge in [-0.2, -0.15) is 0 Å². The van der Waals surface area contributed by atoms with Crippen LogP contribution in [0.1, 0.15) is 29.3 Å². The average Bonchev–Trinajstić information content (AvgIpc) is 2.83. The first kappa shape index (κ1) is 13.5. The molecule has 2 N–H and O–H groups in total. The molecule has 0 bridgehead atoms. The first-order valence-electron chi connectivity index (χ1n) is 6.09. The lowest BCUT2D eigenvalue weighted by Crippen LogP contribution is -2.46. The van der Waals surface area contributed by atoms with Gasteiger partial charge in [-0.15, -0.1) is 0 Å². The fourth-order valence-corrected chi connectivity index (χ4v) is 1.93. The van der Waals surface area contributed by atoms with Crippen LogP contribution in [0.15, 0.2) is 18.5 Å². The zero-order chi connectivity index (χ0) is 13.7. The molecule has 1 aromatic heterocycles. The molecule has 0 saturated carbocycles. The van der Waals surface area contributed by atoms with E-state index in [0.29, 0.717) is 24.3 Å². The summed E-state index contributed by atoms with van der Waals surface area (Å²) in [5.74, 6) is 5.05. The minimum absolute atomic E-state index is 0.197. The third-order valence-corrected chi connectivity index (χ3v) is 3.00. The Labute approximate surface area is 112 Å². The van der Waals surface area contributed by atoms with Crippen molar-refractivity contribution in [2.24, 2.45) is 0 Å². The Bertz CT molecular complexity index is 525. The van der Waals surface area contributed by atoms with Crippen LogP contribution in [0.25, 0.3) is 0 Å². The molecule has 1 saturated heterocycles. The normalized spacial score (nSPS) is 21.6. The highest BCUT2D eigenvalue weighted by Gasteiger charge is 2.31. The number of aliphatic hydroxyl groups excluding tert-OH is 1. The summed E-state index contributed by atoms with van der Waals surface area (Å²) < 4.78 is 5.30. The summed E-state index contributed by atoms with van der Waals surface area (Å²) in [6, 6.07) is 1.62. The van der Waals surface area contributed by atoms with Gasteiger partial charge < -0.3 is 15.2 Å². The summed E-state index contributed by atoms with van der Waals surface area (Å²) >= 11 is 0. The predicted molar refractivity (Wildman–Crippen MR) is 69.5 cm³/mol. The van der Waals surface area contributed by atoms with Gasteiger partial charge in [0.1, 0.15) is 6.61 Å². The van der Waals surface area contributed by atoms with Gasteiger partial charge in [-0.1, -0.05) is 11.8 Å². The van der Waals surface area contributed by atoms with Gasteiger partial charge in [0.2, 0.25) is 0 Å². The number of carbonyl (C=O) groups excluding carboxylic acids is 1. The lowest BCUT2D eigenvalue weighted by atomic mass is 10.0. The number of aliphatic hydroxyl groups is 1. The molecule has 5 nitrogen and oxygen atoms in total. The third kappa shape index (κ3) is 3.31. The van der Waals surface area contributed by atoms with E-state index >= 15 is 0 Å². The van der Waals surface area contributed by atoms with E-state index < -0.39 is 0 Å². The first-order chi connectivity index (χ1) is 9.14. The number of nitrogens with one attached hydrogen (secondary N) is 1. The third-order valence-electron chi connectivity index (χ3n) is 3.00. The van der Waals surface area contributed by atoms with Crippen LogP contribution in [0.3, 0.4) is 0 Å². The van der Waals surface area contributed by atoms with Crippen LogP contribution in [0, 0.1) is 11.8 Å². The van der Waals surface area contributed by atoms with Gasteiger partial charge in [0, 0.05) is 19.0 Å². The summed E-state index contributed by atoms with van der Waals surface area (Å²) in [6.45, 7) is 2.88. The molecule has 1 aliphatic heterocycles. The molecule has 0 aliphatic carbocycles. The summed E-state index contributed by atoms with van der Waals surface area (Å²) in [5.41, 5.74) is 0.641. The minimum Gasteiger partial charge on any atom is -0.384 e. The van der Waals surface area contributed by atoms with Gasteiger partial charge in [0.15, 0.2) is 0 Å². The van der Waals surface area contributed by atoms with Crippen LogP contribution in [-0.4, -0.2) is 41.4 Å². The van der Waals surface area contributed by atoms with Gasteiger partial charge in [-0.3, -0.25) is 9.78 Å². The Morgan fingerprint density at radius 3 is 3.21 bits per heavy atom. The van der Waals surface area contributed by atoms with Crippen molar-refractivity contribution < 1.29 is 14.6 Å². The maximum Gasteiger partial charge on any atom is 0.253 e. The van der Waals surface area contributed by atoms with Crippen molar-refractivity contribution in [2.75, 3.05) is 19.8 Å². The number of rotatable bonds is 2. The summed E-state index contributed by atoms with van der Waals surface area (Å²) in [4.78, 5) is 16.2. The maximum absolute atomic E-state index is 12.3. The highest BCUT2D eigenvalue weighted by molar-refractivity contribution is 5.97. The molecule has 1 unspecified atom stereocenters. The zero-order valence-electron chi connectivity index (χ0n) is 10.8. The van der Waals surface area contributed by atoms with E-state index in [4.69, 9.17) is 9.84 Å². The second kappa shape index (κ2) is 5.83. The molecule has 1 aromatic rings. The van der Waals surface area contributed by atoms with E-state index in [1.165, 1.54) is 6.20 Å². The first-order valence-corrected chi connectivity index (χ1v) is 6.09. The van der Waals surface area contributed by atoms with Gasteiger partial charge >= 0.3 is 0 Å². The van der Waals surface area contributed by atoms with E-state index in [9.17, 15) is 4.79 Å². The fourth-order valence-electron chi connectivity index (χ4n) is 1.93. The molecule has 5 heteroatoms. The Morgan fingerprint density at radius 1 is 1.68 bits per heavy atom. The molecule has 0 spiro atoms. The molecule has 1 fully saturated rings. The number of carbonyl (C=O) groups is 1. The van der Waals surface area contributed by atoms with Gasteiger partial charge in [0.05, 0.1) is 23.3 Å². The Kier molecular flexibility index (Phi) is 4.15. The smallest absolute Gasteiger partial charge is 0.253 e. The fraction of sp³-hybridized carbons (Fsp3) is 0.429. The molecule has 0 aromatic carbocycles. The largest absolute Gasteiger partial charge is 0.384 e. The van der Waals surface area contributed by atoms with E-state index in [1.54, 1.807) is 12.3 Å². The standard InChI is InChI=1S/C14H16N2O3/c1-14(5-8-19-10-14)16-13(18)12-4-6-15-9-11(12)3-2-7-17/h4,6,9,17H,5,7-8,10H2,1H3,(H,16,18). The maximum atomic E-state index is 12.3. The van der Waals surface area contributed by atoms with Crippen molar-refractivity contribution in [1.82, 2.24) is 10.3 Å². The molecule has 1 amide bonds. The number of nitrogens with zero attached hydrogens (tertiary/aromatic N) is 1. The molecule has 0 radical (unpaired) electrons. The van der Waals surface area contributed by atoms with Crippen LogP contribution in [-0.2, 0) is 4.74 Å². The highest BCUT2D eigenvalue weighted by atomic mass is 16.5. The van der Waals surface area contributed by atoms with Crippen molar-refractivity contribution in [2.45, 2.75) is 18.9 Å². The summed E-state index contributed by atoms with van der Waals surface area (Å²) in [5, 5.41) is 11.7. The molecule has 100 valence electrons. The Morgan fingerprint density at radius 2 is 2.53 bits per heavy atom. The number of amides is 1. The number of ether oxygens (including phenoxy) is 1. The van der Waals surface area contributed by atoms with Crippen molar-refractivity contribution >= 4 is 5.91 Å². The minimum atomic E-state index is -0.331. The molecular formula is C14H16N2O3. The van der Waals surface area contributed by atoms with Gasteiger partial charge in [0.25, 0.3) is 5.91 Å². The van der Waals surface area contributed by atoms with Crippen molar-refractivity contribution in [3.8, 4) is 11.8 Å². The second-order valence-electron chi connectivity index (χ2n) is 4.70. The predicted octanol–water partition coefficient (Wildman–Crippen LogP) is 0.334. The summed E-state index contributed by atoms with van der Waals surface area (Å²) in [6.07, 6.45) is 3.86. The average molecular weight is 260 g/mol. The number of hydrogen-bond donors (Lipinski definition) is 2. The lowest BCUT2D eigenvalue weighted by Gasteiger charge is -2.23. The van der Waals surface area contributed by atoms with Crippen LogP contribution >= 0.6 is 0 Å². The molecule has 2 rings (SSSR count). The highest BCUT2D eigenvalue weighted by Crippen LogP contribution is 2.18. The van der Waals surface area contributed by atoms with Crippen LogP contribution in [0.5, 0.6) is 0 Å². The van der Waals surface area contributed by atoms with Crippen LogP contribution in [0.4, 0.5) is 0 Å². The molecule has 2 heterocycles. The topological polar surface area (TPSA) is 71.5 Å². The lowest BCUT2D eigenvalue weighted by molar-refractivity contribution is 0.0889. The van der Waals surface area contributed by atoms with E-state index in [1.807, 2.05) is 6.92 Å². The van der Waals surface area contributed by atoms with Gasteiger partial charge in [-0.25, -0.2) is 0 Å². The van der Waals surface area contributed by atoms with Crippen LogP contribution < -0.4 is 5.32 Å². The zero-order valence-corrected chi connectivity index (χ0v) is 10.8. The van der Waals surface area contributed by atoms with Crippen molar-refractivity contribution in [3.05, 3.63) is 29.6 Å². The van der Waals surface area contributed by atoms with E-state index in [2.05, 4.69) is 22.1 Å². The molecular weight excluding hydrogens is 244 g/mol. The monoisotopic (exact) mass is 260 g/mol. The quantitative estimate of drug-likeness (QED) is 0.752. The molecule has 1 atom stereocenters. The molecule has 19 heavy (non-hydrogen) atoms. The van der Waals surface area contributed by atoms with Crippen molar-refractivity contribution in [3.63, 3.8) is 0 Å². The summed E-state index contributed by atoms with van der Waals surface area (Å²) in [7, 11) is 0. The second-order valence-corrected chi connectivity index (χ2v) is 4.70. The molecule has 1 aliphatic rings. The van der Waals surface area contributed by atoms with E-state index in [-0.39, 0.29) is 18.1 Å².